The summed E-state index contributed by atoms with van der Waals surface area (Å²) in [6.07, 6.45) is 0. The van der Waals surface area contributed by atoms with E-state index in [-0.39, 0.29) is 17.9 Å². The summed E-state index contributed by atoms with van der Waals surface area (Å²) >= 11 is 1.48. The van der Waals surface area contributed by atoms with Crippen LogP contribution in [-0.4, -0.2) is 17.5 Å². The van der Waals surface area contributed by atoms with Gasteiger partial charge in [0.05, 0.1) is 10.2 Å². The molecule has 25 heavy (non-hydrogen) atoms. The average Bonchev–Trinajstić information content (AvgIpc) is 2.94. The lowest BCUT2D eigenvalue weighted by molar-refractivity contribution is -0.118. The first-order valence-corrected chi connectivity index (χ1v) is 9.03. The van der Waals surface area contributed by atoms with Gasteiger partial charge in [0.15, 0.2) is 11.7 Å². The van der Waals surface area contributed by atoms with Crippen molar-refractivity contribution in [2.24, 2.45) is 0 Å². The molecule has 1 aromatic heterocycles. The summed E-state index contributed by atoms with van der Waals surface area (Å²) in [5, 5.41) is 3.41. The van der Waals surface area contributed by atoms with E-state index in [1.54, 1.807) is 0 Å². The van der Waals surface area contributed by atoms with Crippen LogP contribution in [0.4, 0.5) is 5.13 Å². The van der Waals surface area contributed by atoms with E-state index in [1.165, 1.54) is 16.9 Å². The number of hydrogen-bond donors (Lipinski definition) is 1. The Kier molecular flexibility index (Phi) is 4.77. The Bertz CT molecular complexity index is 892. The fraction of sp³-hybridized carbons (Fsp3) is 0.300. The number of carbonyl (C=O) groups is 1. The van der Waals surface area contributed by atoms with Crippen molar-refractivity contribution in [1.29, 1.82) is 0 Å². The van der Waals surface area contributed by atoms with Gasteiger partial charge in [-0.25, -0.2) is 4.98 Å². The summed E-state index contributed by atoms with van der Waals surface area (Å²) in [6.45, 7) is 8.52. The quantitative estimate of drug-likeness (QED) is 0.723. The van der Waals surface area contributed by atoms with E-state index in [0.29, 0.717) is 10.9 Å². The highest BCUT2D eigenvalue weighted by atomic mass is 32.1. The molecule has 0 radical (unpaired) electrons. The van der Waals surface area contributed by atoms with Gasteiger partial charge in [0.25, 0.3) is 5.91 Å². The number of aryl methyl sites for hydroxylation is 1. The van der Waals surface area contributed by atoms with Gasteiger partial charge in [-0.1, -0.05) is 55.9 Å². The number of hydrogen-bond acceptors (Lipinski definition) is 4. The number of carbonyl (C=O) groups excluding carboxylic acids is 1. The van der Waals surface area contributed by atoms with Gasteiger partial charge in [-0.05, 0) is 42.2 Å². The topological polar surface area (TPSA) is 51.2 Å². The highest BCUT2D eigenvalue weighted by molar-refractivity contribution is 7.22. The summed E-state index contributed by atoms with van der Waals surface area (Å²) in [6, 6.07) is 13.9. The zero-order chi connectivity index (χ0) is 18.0. The fourth-order valence-corrected chi connectivity index (χ4v) is 3.30. The van der Waals surface area contributed by atoms with E-state index < -0.39 is 0 Å². The van der Waals surface area contributed by atoms with Crippen molar-refractivity contribution in [1.82, 2.24) is 4.98 Å². The lowest BCUT2D eigenvalue weighted by Gasteiger charge is -2.18. The lowest BCUT2D eigenvalue weighted by Crippen LogP contribution is -2.19. The summed E-state index contributed by atoms with van der Waals surface area (Å²) < 4.78 is 6.57. The molecule has 0 saturated heterocycles. The first kappa shape index (κ1) is 17.4. The second-order valence-corrected chi connectivity index (χ2v) is 8.13. The highest BCUT2D eigenvalue weighted by Gasteiger charge is 2.15. The molecular formula is C20H22N2O2S. The van der Waals surface area contributed by atoms with Gasteiger partial charge in [-0.2, -0.15) is 0 Å². The average molecular weight is 354 g/mol. The third-order valence-electron chi connectivity index (χ3n) is 3.89. The van der Waals surface area contributed by atoms with Crippen molar-refractivity contribution < 1.29 is 9.53 Å². The van der Waals surface area contributed by atoms with Gasteiger partial charge in [-0.15, -0.1) is 0 Å². The van der Waals surface area contributed by atoms with E-state index in [2.05, 4.69) is 43.2 Å². The maximum Gasteiger partial charge on any atom is 0.264 e. The molecule has 0 bridgehead atoms. The van der Waals surface area contributed by atoms with E-state index in [9.17, 15) is 4.79 Å². The number of benzene rings is 2. The van der Waals surface area contributed by atoms with Gasteiger partial charge in [-0.3, -0.25) is 10.1 Å². The Hall–Kier alpha value is -2.40. The smallest absolute Gasteiger partial charge is 0.264 e. The Labute approximate surface area is 151 Å². The number of aromatic nitrogens is 1. The second-order valence-electron chi connectivity index (χ2n) is 7.10. The zero-order valence-electron chi connectivity index (χ0n) is 14.9. The Morgan fingerprint density at radius 1 is 1.16 bits per heavy atom. The summed E-state index contributed by atoms with van der Waals surface area (Å²) in [5.74, 6) is 0.468. The molecule has 0 spiro atoms. The van der Waals surface area contributed by atoms with Crippen molar-refractivity contribution in [2.75, 3.05) is 11.9 Å². The summed E-state index contributed by atoms with van der Waals surface area (Å²) in [4.78, 5) is 16.6. The third kappa shape index (κ3) is 4.37. The summed E-state index contributed by atoms with van der Waals surface area (Å²) in [7, 11) is 0. The van der Waals surface area contributed by atoms with Gasteiger partial charge < -0.3 is 4.74 Å². The molecule has 2 aromatic carbocycles. The largest absolute Gasteiger partial charge is 0.484 e. The summed E-state index contributed by atoms with van der Waals surface area (Å²) in [5.41, 5.74) is 3.39. The molecule has 3 rings (SSSR count). The number of fused-ring (bicyclic) bond motifs is 1. The van der Waals surface area contributed by atoms with E-state index in [1.807, 2.05) is 37.3 Å². The molecular weight excluding hydrogens is 332 g/mol. The standard InChI is InChI=1S/C20H22N2O2S/c1-13-5-8-15(9-6-13)24-12-18(23)22-19-21-16-10-7-14(20(2,3)4)11-17(16)25-19/h5-11H,12H2,1-4H3,(H,21,22,23). The van der Waals surface area contributed by atoms with Crippen LogP contribution in [0.1, 0.15) is 31.9 Å². The van der Waals surface area contributed by atoms with Crippen molar-refractivity contribution >= 4 is 32.6 Å². The maximum atomic E-state index is 12.1. The minimum atomic E-state index is -0.212. The number of rotatable bonds is 4. The van der Waals surface area contributed by atoms with Crippen LogP contribution in [-0.2, 0) is 10.2 Å². The Morgan fingerprint density at radius 2 is 1.88 bits per heavy atom. The van der Waals surface area contributed by atoms with Crippen LogP contribution in [0.25, 0.3) is 10.2 Å². The van der Waals surface area contributed by atoms with Gasteiger partial charge >= 0.3 is 0 Å². The molecule has 3 aromatic rings. The molecule has 130 valence electrons. The van der Waals surface area contributed by atoms with Crippen LogP contribution in [0.15, 0.2) is 42.5 Å². The minimum absolute atomic E-state index is 0.0355. The molecule has 1 amide bonds. The monoisotopic (exact) mass is 354 g/mol. The molecule has 5 heteroatoms. The molecule has 0 unspecified atom stereocenters. The number of amides is 1. The molecule has 0 aliphatic carbocycles. The number of anilines is 1. The van der Waals surface area contributed by atoms with Crippen LogP contribution in [0, 0.1) is 6.92 Å². The van der Waals surface area contributed by atoms with Crippen LogP contribution in [0.2, 0.25) is 0 Å². The van der Waals surface area contributed by atoms with E-state index >= 15 is 0 Å². The fourth-order valence-electron chi connectivity index (χ4n) is 2.38. The van der Waals surface area contributed by atoms with Crippen molar-refractivity contribution in [3.63, 3.8) is 0 Å². The lowest BCUT2D eigenvalue weighted by atomic mass is 9.87. The van der Waals surface area contributed by atoms with Crippen LogP contribution in [0.3, 0.4) is 0 Å². The predicted molar refractivity (Wildman–Crippen MR) is 104 cm³/mol. The van der Waals surface area contributed by atoms with Gasteiger partial charge in [0.1, 0.15) is 5.75 Å². The van der Waals surface area contributed by atoms with Crippen LogP contribution >= 0.6 is 11.3 Å². The first-order chi connectivity index (χ1) is 11.8. The van der Waals surface area contributed by atoms with Crippen molar-refractivity contribution in [2.45, 2.75) is 33.1 Å². The van der Waals surface area contributed by atoms with Crippen molar-refractivity contribution in [3.8, 4) is 5.75 Å². The highest BCUT2D eigenvalue weighted by Crippen LogP contribution is 2.31. The Balaban J connectivity index is 1.65. The molecule has 1 N–H and O–H groups in total. The van der Waals surface area contributed by atoms with Crippen LogP contribution in [0.5, 0.6) is 5.75 Å². The third-order valence-corrected chi connectivity index (χ3v) is 4.83. The van der Waals surface area contributed by atoms with Gasteiger partial charge in [0, 0.05) is 0 Å². The zero-order valence-corrected chi connectivity index (χ0v) is 15.7. The van der Waals surface area contributed by atoms with E-state index in [4.69, 9.17) is 4.74 Å². The van der Waals surface area contributed by atoms with Crippen LogP contribution < -0.4 is 10.1 Å². The second kappa shape index (κ2) is 6.84. The Morgan fingerprint density at radius 3 is 2.56 bits per heavy atom. The van der Waals surface area contributed by atoms with Crippen molar-refractivity contribution in [3.05, 3.63) is 53.6 Å². The molecule has 4 nitrogen and oxygen atoms in total. The van der Waals surface area contributed by atoms with Gasteiger partial charge in [0.2, 0.25) is 0 Å². The molecule has 0 saturated carbocycles. The molecule has 0 aliphatic heterocycles. The molecule has 0 fully saturated rings. The minimum Gasteiger partial charge on any atom is -0.484 e. The number of ether oxygens (including phenoxy) is 1. The normalized spacial score (nSPS) is 11.5. The van der Waals surface area contributed by atoms with E-state index in [0.717, 1.165) is 15.8 Å². The first-order valence-electron chi connectivity index (χ1n) is 8.22. The number of thiazole rings is 1. The SMILES string of the molecule is Cc1ccc(OCC(=O)Nc2nc3ccc(C(C)(C)C)cc3s2)cc1. The number of nitrogens with zero attached hydrogens (tertiary/aromatic N) is 1. The molecule has 1 heterocycles. The number of nitrogens with one attached hydrogen (secondary N) is 1. The molecule has 0 atom stereocenters. The predicted octanol–water partition coefficient (Wildman–Crippen LogP) is 4.92. The molecule has 0 aliphatic rings. The maximum absolute atomic E-state index is 12.1.